The summed E-state index contributed by atoms with van der Waals surface area (Å²) in [5.41, 5.74) is 7.99. The Morgan fingerprint density at radius 1 is 1.40 bits per heavy atom. The smallest absolute Gasteiger partial charge is 0.318 e. The summed E-state index contributed by atoms with van der Waals surface area (Å²) in [7, 11) is 0. The summed E-state index contributed by atoms with van der Waals surface area (Å²) in [5.74, 6) is -1.31. The Labute approximate surface area is 115 Å². The van der Waals surface area contributed by atoms with Crippen LogP contribution in [0.5, 0.6) is 0 Å². The molecular formula is C13H16FN3O3. The maximum Gasteiger partial charge on any atom is 0.318 e. The van der Waals surface area contributed by atoms with E-state index in [4.69, 9.17) is 10.3 Å². The minimum Gasteiger partial charge on any atom is -0.460 e. The third-order valence-corrected chi connectivity index (χ3v) is 2.33. The molecule has 7 heteroatoms. The molecule has 0 radical (unpaired) electrons. The normalized spacial score (nSPS) is 14.1. The van der Waals surface area contributed by atoms with Gasteiger partial charge >= 0.3 is 5.97 Å². The SMILES string of the molecule is CC(C)(C)OC(=O)[C@@H](N=[N+]=[N-])[C@@H](O)c1ccc(F)cc1. The standard InChI is InChI=1S/C13H16FN3O3/c1-13(2,3)20-12(19)10(16-17-15)11(18)8-4-6-9(14)7-5-8/h4-7,10-11,18H,1-3H3/t10-,11-/m0/s1. The molecule has 0 fully saturated rings. The molecule has 0 aliphatic rings. The molecule has 0 unspecified atom stereocenters. The molecule has 0 heterocycles. The fourth-order valence-corrected chi connectivity index (χ4v) is 1.50. The van der Waals surface area contributed by atoms with Crippen molar-refractivity contribution in [1.82, 2.24) is 0 Å². The number of carbonyl (C=O) groups excluding carboxylic acids is 1. The number of aliphatic hydroxyl groups is 1. The van der Waals surface area contributed by atoms with Gasteiger partial charge in [0.15, 0.2) is 6.04 Å². The lowest BCUT2D eigenvalue weighted by Crippen LogP contribution is -2.34. The molecule has 1 rings (SSSR count). The number of esters is 1. The molecule has 0 aromatic heterocycles. The van der Waals surface area contributed by atoms with E-state index in [9.17, 15) is 14.3 Å². The molecule has 2 atom stereocenters. The van der Waals surface area contributed by atoms with Crippen molar-refractivity contribution >= 4 is 5.97 Å². The van der Waals surface area contributed by atoms with Crippen LogP contribution >= 0.6 is 0 Å². The first-order valence-corrected chi connectivity index (χ1v) is 5.95. The van der Waals surface area contributed by atoms with Crippen molar-refractivity contribution in [3.8, 4) is 0 Å². The van der Waals surface area contributed by atoms with Crippen molar-refractivity contribution in [3.05, 3.63) is 46.1 Å². The summed E-state index contributed by atoms with van der Waals surface area (Å²) in [5, 5.41) is 13.4. The zero-order valence-corrected chi connectivity index (χ0v) is 11.4. The van der Waals surface area contributed by atoms with Crippen molar-refractivity contribution in [2.24, 2.45) is 5.11 Å². The zero-order valence-electron chi connectivity index (χ0n) is 11.4. The van der Waals surface area contributed by atoms with Gasteiger partial charge in [-0.1, -0.05) is 17.2 Å². The van der Waals surface area contributed by atoms with Gasteiger partial charge in [0.1, 0.15) is 11.4 Å². The number of nitrogens with zero attached hydrogens (tertiary/aromatic N) is 3. The highest BCUT2D eigenvalue weighted by atomic mass is 19.1. The average molecular weight is 281 g/mol. The molecule has 6 nitrogen and oxygen atoms in total. The van der Waals surface area contributed by atoms with Crippen LogP contribution in [0.15, 0.2) is 29.4 Å². The lowest BCUT2D eigenvalue weighted by atomic mass is 10.0. The van der Waals surface area contributed by atoms with E-state index in [-0.39, 0.29) is 5.56 Å². The number of halogens is 1. The van der Waals surface area contributed by atoms with E-state index in [1.54, 1.807) is 20.8 Å². The Bertz CT molecular complexity index is 519. The molecular weight excluding hydrogens is 265 g/mol. The van der Waals surface area contributed by atoms with E-state index >= 15 is 0 Å². The molecule has 0 aliphatic heterocycles. The quantitative estimate of drug-likeness (QED) is 0.398. The average Bonchev–Trinajstić information content (AvgIpc) is 2.34. The highest BCUT2D eigenvalue weighted by Crippen LogP contribution is 2.22. The Kier molecular flexibility index (Phi) is 5.07. The second kappa shape index (κ2) is 6.36. The molecule has 0 bridgehead atoms. The maximum atomic E-state index is 12.8. The first-order valence-electron chi connectivity index (χ1n) is 5.95. The number of hydrogen-bond donors (Lipinski definition) is 1. The number of ether oxygens (including phenoxy) is 1. The highest BCUT2D eigenvalue weighted by Gasteiger charge is 2.31. The van der Waals surface area contributed by atoms with Crippen LogP contribution in [-0.4, -0.2) is 22.7 Å². The number of aliphatic hydroxyl groups excluding tert-OH is 1. The molecule has 0 aliphatic carbocycles. The molecule has 0 saturated heterocycles. The zero-order chi connectivity index (χ0) is 15.3. The molecule has 0 saturated carbocycles. The van der Waals surface area contributed by atoms with Crippen LogP contribution in [0.4, 0.5) is 4.39 Å². The van der Waals surface area contributed by atoms with E-state index in [1.165, 1.54) is 12.1 Å². The summed E-state index contributed by atoms with van der Waals surface area (Å²) < 4.78 is 17.9. The van der Waals surface area contributed by atoms with Crippen LogP contribution in [0, 0.1) is 5.82 Å². The number of azide groups is 1. The van der Waals surface area contributed by atoms with Gasteiger partial charge in [0.05, 0.1) is 6.10 Å². The predicted octanol–water partition coefficient (Wildman–Crippen LogP) is 2.88. The van der Waals surface area contributed by atoms with E-state index in [2.05, 4.69) is 10.0 Å². The fourth-order valence-electron chi connectivity index (χ4n) is 1.50. The van der Waals surface area contributed by atoms with Gasteiger partial charge in [0, 0.05) is 4.91 Å². The Morgan fingerprint density at radius 2 is 1.95 bits per heavy atom. The Morgan fingerprint density at radius 3 is 2.40 bits per heavy atom. The summed E-state index contributed by atoms with van der Waals surface area (Å²) in [4.78, 5) is 14.5. The van der Waals surface area contributed by atoms with Gasteiger partial charge in [-0.3, -0.25) is 4.79 Å². The molecule has 1 aromatic rings. The van der Waals surface area contributed by atoms with Gasteiger partial charge in [0.25, 0.3) is 0 Å². The highest BCUT2D eigenvalue weighted by molar-refractivity contribution is 5.77. The lowest BCUT2D eigenvalue weighted by Gasteiger charge is -2.24. The first-order chi connectivity index (χ1) is 9.24. The van der Waals surface area contributed by atoms with Crippen molar-refractivity contribution in [2.75, 3.05) is 0 Å². The third kappa shape index (κ3) is 4.53. The van der Waals surface area contributed by atoms with Gasteiger partial charge in [-0.15, -0.1) is 0 Å². The number of rotatable bonds is 4. The molecule has 0 spiro atoms. The second-order valence-electron chi connectivity index (χ2n) is 5.18. The first kappa shape index (κ1) is 15.9. The summed E-state index contributed by atoms with van der Waals surface area (Å²) in [6.07, 6.45) is -1.40. The Balaban J connectivity index is 2.98. The summed E-state index contributed by atoms with van der Waals surface area (Å²) in [6.45, 7) is 4.97. The van der Waals surface area contributed by atoms with E-state index in [1.807, 2.05) is 0 Å². The van der Waals surface area contributed by atoms with Crippen LogP contribution in [0.2, 0.25) is 0 Å². The van der Waals surface area contributed by atoms with E-state index < -0.39 is 29.5 Å². The van der Waals surface area contributed by atoms with Crippen molar-refractivity contribution in [1.29, 1.82) is 0 Å². The van der Waals surface area contributed by atoms with Crippen molar-refractivity contribution in [3.63, 3.8) is 0 Å². The van der Waals surface area contributed by atoms with Gasteiger partial charge in [-0.2, -0.15) is 0 Å². The summed E-state index contributed by atoms with van der Waals surface area (Å²) in [6, 6.07) is 3.47. The largest absolute Gasteiger partial charge is 0.460 e. The second-order valence-corrected chi connectivity index (χ2v) is 5.18. The van der Waals surface area contributed by atoms with Crippen LogP contribution in [-0.2, 0) is 9.53 Å². The lowest BCUT2D eigenvalue weighted by molar-refractivity contribution is -0.159. The van der Waals surface area contributed by atoms with E-state index in [0.717, 1.165) is 12.1 Å². The minimum absolute atomic E-state index is 0.259. The van der Waals surface area contributed by atoms with Crippen LogP contribution in [0.25, 0.3) is 10.4 Å². The molecule has 1 aromatic carbocycles. The van der Waals surface area contributed by atoms with Crippen LogP contribution < -0.4 is 0 Å². The number of carbonyl (C=O) groups is 1. The molecule has 1 N–H and O–H groups in total. The monoisotopic (exact) mass is 281 g/mol. The summed E-state index contributed by atoms with van der Waals surface area (Å²) >= 11 is 0. The van der Waals surface area contributed by atoms with Crippen molar-refractivity contribution < 1.29 is 19.0 Å². The minimum atomic E-state index is -1.43. The molecule has 20 heavy (non-hydrogen) atoms. The van der Waals surface area contributed by atoms with Crippen LogP contribution in [0.3, 0.4) is 0 Å². The van der Waals surface area contributed by atoms with Crippen molar-refractivity contribution in [2.45, 2.75) is 38.5 Å². The number of benzene rings is 1. The number of hydrogen-bond acceptors (Lipinski definition) is 4. The molecule has 108 valence electrons. The van der Waals surface area contributed by atoms with Crippen LogP contribution in [0.1, 0.15) is 32.4 Å². The third-order valence-electron chi connectivity index (χ3n) is 2.33. The topological polar surface area (TPSA) is 95.3 Å². The predicted molar refractivity (Wildman–Crippen MR) is 70.1 cm³/mol. The van der Waals surface area contributed by atoms with Gasteiger partial charge in [0.2, 0.25) is 0 Å². The Hall–Kier alpha value is -2.11. The van der Waals surface area contributed by atoms with Gasteiger partial charge < -0.3 is 9.84 Å². The molecule has 0 amide bonds. The van der Waals surface area contributed by atoms with Gasteiger partial charge in [-0.25, -0.2) is 4.39 Å². The van der Waals surface area contributed by atoms with E-state index in [0.29, 0.717) is 0 Å². The van der Waals surface area contributed by atoms with Gasteiger partial charge in [-0.05, 0) is 44.0 Å². The maximum absolute atomic E-state index is 12.8. The fraction of sp³-hybridized carbons (Fsp3) is 0.462.